The molecule has 0 aromatic heterocycles. The molecule has 0 fully saturated rings. The van der Waals surface area contributed by atoms with E-state index in [4.69, 9.17) is 4.74 Å². The van der Waals surface area contributed by atoms with Crippen LogP contribution in [0.5, 0.6) is 5.75 Å². The number of benzene rings is 1. The molecule has 8 heteroatoms. The third-order valence-corrected chi connectivity index (χ3v) is 5.21. The molecule has 1 heterocycles. The quantitative estimate of drug-likeness (QED) is 0.800. The van der Waals surface area contributed by atoms with Crippen LogP contribution in [-0.2, 0) is 14.6 Å². The van der Waals surface area contributed by atoms with Gasteiger partial charge in [-0.15, -0.1) is 0 Å². The van der Waals surface area contributed by atoms with Gasteiger partial charge in [0, 0.05) is 12.3 Å². The van der Waals surface area contributed by atoms with E-state index in [2.05, 4.69) is 15.9 Å². The number of amides is 1. The van der Waals surface area contributed by atoms with Crippen molar-refractivity contribution in [2.45, 2.75) is 12.2 Å². The van der Waals surface area contributed by atoms with Crippen molar-refractivity contribution < 1.29 is 22.3 Å². The number of hydrogen-bond acceptors (Lipinski definition) is 4. The molecular weight excluding hydrogens is 353 g/mol. The summed E-state index contributed by atoms with van der Waals surface area (Å²) in [6, 6.07) is 2.58. The van der Waals surface area contributed by atoms with Gasteiger partial charge in [-0.1, -0.05) is 0 Å². The van der Waals surface area contributed by atoms with Crippen molar-refractivity contribution in [1.29, 1.82) is 0 Å². The van der Waals surface area contributed by atoms with Crippen molar-refractivity contribution in [3.05, 3.63) is 22.4 Å². The minimum Gasteiger partial charge on any atom is -0.489 e. The standard InChI is InChI=1S/C12H13BrFNO4S/c1-7(20(2,17)18)12(16)15-3-4-19-11-6-9(14)8(13)5-10(11)15/h5-7H,3-4H2,1-2H3. The van der Waals surface area contributed by atoms with Crippen LogP contribution in [-0.4, -0.2) is 39.0 Å². The molecule has 1 atom stereocenters. The Labute approximate surface area is 124 Å². The molecule has 0 saturated heterocycles. The van der Waals surface area contributed by atoms with Crippen LogP contribution in [0.15, 0.2) is 16.6 Å². The molecule has 20 heavy (non-hydrogen) atoms. The maximum absolute atomic E-state index is 13.5. The molecule has 0 radical (unpaired) electrons. The van der Waals surface area contributed by atoms with E-state index >= 15 is 0 Å². The minimum absolute atomic E-state index is 0.187. The van der Waals surface area contributed by atoms with Crippen molar-refractivity contribution in [2.75, 3.05) is 24.3 Å². The van der Waals surface area contributed by atoms with Gasteiger partial charge in [-0.2, -0.15) is 0 Å². The third-order valence-electron chi connectivity index (χ3n) is 3.12. The van der Waals surface area contributed by atoms with Crippen LogP contribution in [0.4, 0.5) is 10.1 Å². The Morgan fingerprint density at radius 2 is 2.15 bits per heavy atom. The van der Waals surface area contributed by atoms with Crippen LogP contribution >= 0.6 is 15.9 Å². The Morgan fingerprint density at radius 1 is 1.50 bits per heavy atom. The van der Waals surface area contributed by atoms with Crippen molar-refractivity contribution in [2.24, 2.45) is 0 Å². The fraction of sp³-hybridized carbons (Fsp3) is 0.417. The number of sulfone groups is 1. The highest BCUT2D eigenvalue weighted by Crippen LogP contribution is 2.36. The summed E-state index contributed by atoms with van der Waals surface area (Å²) in [5, 5.41) is -1.16. The molecule has 0 N–H and O–H groups in total. The van der Waals surface area contributed by atoms with Crippen LogP contribution in [0, 0.1) is 5.82 Å². The molecule has 1 aromatic carbocycles. The number of halogens is 2. The van der Waals surface area contributed by atoms with Gasteiger partial charge >= 0.3 is 0 Å². The van der Waals surface area contributed by atoms with Gasteiger partial charge in [-0.25, -0.2) is 12.8 Å². The van der Waals surface area contributed by atoms with Crippen LogP contribution in [0.3, 0.4) is 0 Å². The summed E-state index contributed by atoms with van der Waals surface area (Å²) in [6.07, 6.45) is 1.01. The van der Waals surface area contributed by atoms with E-state index in [1.54, 1.807) is 0 Å². The first-order chi connectivity index (χ1) is 9.21. The van der Waals surface area contributed by atoms with Crippen LogP contribution in [0.2, 0.25) is 0 Å². The fourth-order valence-electron chi connectivity index (χ4n) is 1.84. The number of nitrogens with zero attached hydrogens (tertiary/aromatic N) is 1. The van der Waals surface area contributed by atoms with Gasteiger partial charge in [-0.05, 0) is 28.9 Å². The van der Waals surface area contributed by atoms with Crippen molar-refractivity contribution in [1.82, 2.24) is 0 Å². The average molecular weight is 366 g/mol. The van der Waals surface area contributed by atoms with Gasteiger partial charge < -0.3 is 9.64 Å². The summed E-state index contributed by atoms with van der Waals surface area (Å²) in [7, 11) is -3.49. The topological polar surface area (TPSA) is 63.7 Å². The molecule has 1 aromatic rings. The Bertz CT molecular complexity index is 662. The van der Waals surface area contributed by atoms with Gasteiger partial charge in [0.15, 0.2) is 9.84 Å². The summed E-state index contributed by atoms with van der Waals surface area (Å²) in [5.41, 5.74) is 0.366. The highest BCUT2D eigenvalue weighted by molar-refractivity contribution is 9.10. The van der Waals surface area contributed by atoms with E-state index in [1.807, 2.05) is 0 Å². The Kier molecular flexibility index (Phi) is 4.06. The maximum Gasteiger partial charge on any atom is 0.245 e. The molecule has 2 rings (SSSR count). The summed E-state index contributed by atoms with van der Waals surface area (Å²) >= 11 is 3.04. The summed E-state index contributed by atoms with van der Waals surface area (Å²) < 4.78 is 41.9. The van der Waals surface area contributed by atoms with E-state index < -0.39 is 26.8 Å². The van der Waals surface area contributed by atoms with Crippen LogP contribution in [0.25, 0.3) is 0 Å². The van der Waals surface area contributed by atoms with E-state index in [9.17, 15) is 17.6 Å². The van der Waals surface area contributed by atoms with Gasteiger partial charge in [0.1, 0.15) is 23.4 Å². The Balaban J connectivity index is 2.43. The third kappa shape index (κ3) is 2.80. The van der Waals surface area contributed by atoms with Gasteiger partial charge in [0.05, 0.1) is 16.7 Å². The summed E-state index contributed by atoms with van der Waals surface area (Å²) in [5.74, 6) is -0.823. The second kappa shape index (κ2) is 5.33. The molecule has 1 amide bonds. The molecule has 5 nitrogen and oxygen atoms in total. The minimum atomic E-state index is -3.49. The summed E-state index contributed by atoms with van der Waals surface area (Å²) in [6.45, 7) is 1.76. The lowest BCUT2D eigenvalue weighted by Gasteiger charge is -2.31. The molecular formula is C12H13BrFNO4S. The normalized spacial score (nSPS) is 16.3. The van der Waals surface area contributed by atoms with E-state index in [1.165, 1.54) is 24.0 Å². The Morgan fingerprint density at radius 3 is 2.75 bits per heavy atom. The number of anilines is 1. The molecule has 0 aliphatic carbocycles. The van der Waals surface area contributed by atoms with Gasteiger partial charge in [-0.3, -0.25) is 4.79 Å². The number of ether oxygens (including phenoxy) is 1. The SMILES string of the molecule is CC(C(=O)N1CCOc2cc(F)c(Br)cc21)S(C)(=O)=O. The fourth-order valence-corrected chi connectivity index (χ4v) is 2.67. The van der Waals surface area contributed by atoms with Crippen LogP contribution < -0.4 is 9.64 Å². The molecule has 1 unspecified atom stereocenters. The number of carbonyl (C=O) groups excluding carboxylic acids is 1. The lowest BCUT2D eigenvalue weighted by Crippen LogP contribution is -2.45. The number of hydrogen-bond donors (Lipinski definition) is 0. The lowest BCUT2D eigenvalue weighted by molar-refractivity contribution is -0.118. The molecule has 0 bridgehead atoms. The van der Waals surface area contributed by atoms with E-state index in [0.717, 1.165) is 6.26 Å². The monoisotopic (exact) mass is 365 g/mol. The first-order valence-corrected chi connectivity index (χ1v) is 8.58. The zero-order chi connectivity index (χ0) is 15.1. The largest absolute Gasteiger partial charge is 0.489 e. The number of carbonyl (C=O) groups is 1. The second-order valence-corrected chi connectivity index (χ2v) is 7.76. The Hall–Kier alpha value is -1.15. The summed E-state index contributed by atoms with van der Waals surface area (Å²) in [4.78, 5) is 13.6. The second-order valence-electron chi connectivity index (χ2n) is 4.54. The molecule has 0 saturated carbocycles. The number of fused-ring (bicyclic) bond motifs is 1. The first-order valence-electron chi connectivity index (χ1n) is 5.84. The molecule has 1 aliphatic rings. The van der Waals surface area contributed by atoms with Crippen molar-refractivity contribution >= 4 is 37.4 Å². The molecule has 110 valence electrons. The van der Waals surface area contributed by atoms with Gasteiger partial charge in [0.25, 0.3) is 0 Å². The zero-order valence-electron chi connectivity index (χ0n) is 10.9. The zero-order valence-corrected chi connectivity index (χ0v) is 13.3. The lowest BCUT2D eigenvalue weighted by atomic mass is 10.2. The van der Waals surface area contributed by atoms with E-state index in [0.29, 0.717) is 5.69 Å². The van der Waals surface area contributed by atoms with Crippen molar-refractivity contribution in [3.63, 3.8) is 0 Å². The highest BCUT2D eigenvalue weighted by atomic mass is 79.9. The smallest absolute Gasteiger partial charge is 0.245 e. The van der Waals surface area contributed by atoms with Crippen molar-refractivity contribution in [3.8, 4) is 5.75 Å². The predicted molar refractivity (Wildman–Crippen MR) is 76.3 cm³/mol. The number of rotatable bonds is 2. The molecule has 1 aliphatic heterocycles. The average Bonchev–Trinajstić information content (AvgIpc) is 2.36. The highest BCUT2D eigenvalue weighted by Gasteiger charge is 2.32. The van der Waals surface area contributed by atoms with Crippen LogP contribution in [0.1, 0.15) is 6.92 Å². The van der Waals surface area contributed by atoms with Gasteiger partial charge in [0.2, 0.25) is 5.91 Å². The first kappa shape index (κ1) is 15.2. The maximum atomic E-state index is 13.5. The molecule has 0 spiro atoms. The van der Waals surface area contributed by atoms with E-state index in [-0.39, 0.29) is 23.4 Å². The predicted octanol–water partition coefficient (Wildman–Crippen LogP) is 1.75.